The van der Waals surface area contributed by atoms with E-state index in [-0.39, 0.29) is 6.10 Å². The van der Waals surface area contributed by atoms with Gasteiger partial charge in [-0.1, -0.05) is 6.07 Å². The molecule has 0 bridgehead atoms. The number of likely N-dealkylation sites (tertiary alicyclic amines) is 1. The predicted molar refractivity (Wildman–Crippen MR) is 81.0 cm³/mol. The molecule has 0 aliphatic carbocycles. The standard InChI is InChI=1S/C16H20N4O2/c1-19-10-15(8-17-19)22-14-4-6-20(11-14)9-13-3-2-12-5-7-21-16(12)18-13/h2-3,8,10,14H,4-7,9,11H2,1H3/t14-/m1/s1. The van der Waals surface area contributed by atoms with E-state index < -0.39 is 0 Å². The second-order valence-corrected chi connectivity index (χ2v) is 5.98. The largest absolute Gasteiger partial charge is 0.486 e. The zero-order valence-electron chi connectivity index (χ0n) is 12.7. The molecule has 1 fully saturated rings. The summed E-state index contributed by atoms with van der Waals surface area (Å²) in [6.07, 6.45) is 5.92. The van der Waals surface area contributed by atoms with Crippen molar-refractivity contribution in [1.29, 1.82) is 0 Å². The Labute approximate surface area is 129 Å². The number of hydrogen-bond acceptors (Lipinski definition) is 5. The first-order valence-electron chi connectivity index (χ1n) is 7.75. The maximum Gasteiger partial charge on any atom is 0.216 e. The van der Waals surface area contributed by atoms with Crippen molar-refractivity contribution in [2.75, 3.05) is 19.7 Å². The van der Waals surface area contributed by atoms with Crippen LogP contribution in [0, 0.1) is 0 Å². The predicted octanol–water partition coefficient (Wildman–Crippen LogP) is 1.40. The molecule has 0 N–H and O–H groups in total. The highest BCUT2D eigenvalue weighted by molar-refractivity contribution is 5.31. The number of aryl methyl sites for hydroxylation is 1. The van der Waals surface area contributed by atoms with E-state index in [0.29, 0.717) is 0 Å². The van der Waals surface area contributed by atoms with Gasteiger partial charge in [0.15, 0.2) is 5.75 Å². The van der Waals surface area contributed by atoms with Crippen LogP contribution in [-0.2, 0) is 20.0 Å². The van der Waals surface area contributed by atoms with E-state index in [2.05, 4.69) is 27.1 Å². The number of hydrogen-bond donors (Lipinski definition) is 0. The van der Waals surface area contributed by atoms with Crippen LogP contribution in [0.25, 0.3) is 0 Å². The summed E-state index contributed by atoms with van der Waals surface area (Å²) >= 11 is 0. The second-order valence-electron chi connectivity index (χ2n) is 5.98. The van der Waals surface area contributed by atoms with E-state index in [1.807, 2.05) is 13.2 Å². The molecule has 1 atom stereocenters. The lowest BCUT2D eigenvalue weighted by Gasteiger charge is -2.16. The molecule has 2 aromatic rings. The molecule has 22 heavy (non-hydrogen) atoms. The normalized spacial score (nSPS) is 20.9. The van der Waals surface area contributed by atoms with E-state index in [1.165, 1.54) is 5.56 Å². The maximum atomic E-state index is 5.97. The lowest BCUT2D eigenvalue weighted by atomic mass is 10.2. The van der Waals surface area contributed by atoms with E-state index >= 15 is 0 Å². The summed E-state index contributed by atoms with van der Waals surface area (Å²) in [7, 11) is 1.90. The van der Waals surface area contributed by atoms with Crippen molar-refractivity contribution >= 4 is 0 Å². The molecular weight excluding hydrogens is 280 g/mol. The van der Waals surface area contributed by atoms with Crippen LogP contribution in [0.5, 0.6) is 11.6 Å². The third-order valence-corrected chi connectivity index (χ3v) is 4.21. The Bertz CT molecular complexity index is 670. The van der Waals surface area contributed by atoms with Gasteiger partial charge in [-0.25, -0.2) is 4.98 Å². The van der Waals surface area contributed by atoms with Crippen LogP contribution in [0.15, 0.2) is 24.5 Å². The molecule has 116 valence electrons. The summed E-state index contributed by atoms with van der Waals surface area (Å²) in [6, 6.07) is 4.26. The molecule has 2 aliphatic rings. The molecule has 0 spiro atoms. The number of ether oxygens (including phenoxy) is 2. The molecule has 1 saturated heterocycles. The molecule has 2 aromatic heterocycles. The molecule has 6 nitrogen and oxygen atoms in total. The molecule has 4 rings (SSSR count). The lowest BCUT2D eigenvalue weighted by molar-refractivity contribution is 0.197. The third-order valence-electron chi connectivity index (χ3n) is 4.21. The van der Waals surface area contributed by atoms with E-state index in [0.717, 1.165) is 56.4 Å². The Morgan fingerprint density at radius 2 is 2.36 bits per heavy atom. The monoisotopic (exact) mass is 300 g/mol. The van der Waals surface area contributed by atoms with Gasteiger partial charge in [0.1, 0.15) is 6.10 Å². The van der Waals surface area contributed by atoms with Crippen molar-refractivity contribution in [2.45, 2.75) is 25.5 Å². The Morgan fingerprint density at radius 3 is 3.23 bits per heavy atom. The summed E-state index contributed by atoms with van der Waals surface area (Å²) in [6.45, 7) is 3.57. The van der Waals surface area contributed by atoms with Gasteiger partial charge in [-0.3, -0.25) is 9.58 Å². The second kappa shape index (κ2) is 5.61. The highest BCUT2D eigenvalue weighted by atomic mass is 16.5. The van der Waals surface area contributed by atoms with Crippen LogP contribution < -0.4 is 9.47 Å². The Morgan fingerprint density at radius 1 is 1.41 bits per heavy atom. The highest BCUT2D eigenvalue weighted by Crippen LogP contribution is 2.24. The van der Waals surface area contributed by atoms with Crippen LogP contribution >= 0.6 is 0 Å². The van der Waals surface area contributed by atoms with Gasteiger partial charge in [0.2, 0.25) is 5.88 Å². The fourth-order valence-electron chi connectivity index (χ4n) is 3.09. The van der Waals surface area contributed by atoms with E-state index in [9.17, 15) is 0 Å². The molecule has 2 aliphatic heterocycles. The summed E-state index contributed by atoms with van der Waals surface area (Å²) in [5.41, 5.74) is 2.30. The fourth-order valence-corrected chi connectivity index (χ4v) is 3.09. The van der Waals surface area contributed by atoms with Crippen molar-refractivity contribution in [2.24, 2.45) is 7.05 Å². The zero-order valence-corrected chi connectivity index (χ0v) is 12.7. The van der Waals surface area contributed by atoms with Gasteiger partial charge in [0.25, 0.3) is 0 Å². The van der Waals surface area contributed by atoms with Gasteiger partial charge in [-0.05, 0) is 12.5 Å². The van der Waals surface area contributed by atoms with Crippen LogP contribution in [0.2, 0.25) is 0 Å². The topological polar surface area (TPSA) is 52.4 Å². The maximum absolute atomic E-state index is 5.97. The van der Waals surface area contributed by atoms with E-state index in [4.69, 9.17) is 9.47 Å². The van der Waals surface area contributed by atoms with E-state index in [1.54, 1.807) is 10.9 Å². The minimum atomic E-state index is 0.231. The molecule has 0 unspecified atom stereocenters. The van der Waals surface area contributed by atoms with Crippen molar-refractivity contribution in [3.63, 3.8) is 0 Å². The Balaban J connectivity index is 1.35. The molecule has 0 amide bonds. The third kappa shape index (κ3) is 2.78. The number of fused-ring (bicyclic) bond motifs is 1. The quantitative estimate of drug-likeness (QED) is 0.854. The van der Waals surface area contributed by atoms with Crippen LogP contribution in [0.1, 0.15) is 17.7 Å². The number of rotatable bonds is 4. The minimum absolute atomic E-state index is 0.231. The number of pyridine rings is 1. The van der Waals surface area contributed by atoms with Gasteiger partial charge >= 0.3 is 0 Å². The first-order valence-corrected chi connectivity index (χ1v) is 7.75. The van der Waals surface area contributed by atoms with Crippen molar-refractivity contribution in [3.05, 3.63) is 35.8 Å². The average molecular weight is 300 g/mol. The van der Waals surface area contributed by atoms with Crippen molar-refractivity contribution in [1.82, 2.24) is 19.7 Å². The molecule has 4 heterocycles. The molecule has 6 heteroatoms. The molecular formula is C16H20N4O2. The molecule has 0 aromatic carbocycles. The summed E-state index contributed by atoms with van der Waals surface area (Å²) < 4.78 is 13.3. The minimum Gasteiger partial charge on any atom is -0.486 e. The Kier molecular flexibility index (Phi) is 3.46. The smallest absolute Gasteiger partial charge is 0.216 e. The van der Waals surface area contributed by atoms with Gasteiger partial charge in [-0.2, -0.15) is 5.10 Å². The first kappa shape index (κ1) is 13.6. The Hall–Kier alpha value is -2.08. The average Bonchev–Trinajstić information content (AvgIpc) is 3.21. The molecule has 0 radical (unpaired) electrons. The van der Waals surface area contributed by atoms with Gasteiger partial charge in [-0.15, -0.1) is 0 Å². The first-order chi connectivity index (χ1) is 10.8. The van der Waals surface area contributed by atoms with Crippen LogP contribution in [0.3, 0.4) is 0 Å². The van der Waals surface area contributed by atoms with Crippen molar-refractivity contribution < 1.29 is 9.47 Å². The number of nitrogens with zero attached hydrogens (tertiary/aromatic N) is 4. The molecule has 0 saturated carbocycles. The van der Waals surface area contributed by atoms with Gasteiger partial charge in [0, 0.05) is 38.7 Å². The van der Waals surface area contributed by atoms with Crippen LogP contribution in [-0.4, -0.2) is 45.5 Å². The summed E-state index contributed by atoms with van der Waals surface area (Å²) in [4.78, 5) is 6.99. The van der Waals surface area contributed by atoms with Gasteiger partial charge in [0.05, 0.1) is 24.7 Å². The van der Waals surface area contributed by atoms with Crippen molar-refractivity contribution in [3.8, 4) is 11.6 Å². The summed E-state index contributed by atoms with van der Waals surface area (Å²) in [5, 5.41) is 4.13. The zero-order chi connectivity index (χ0) is 14.9. The lowest BCUT2D eigenvalue weighted by Crippen LogP contribution is -2.24. The SMILES string of the molecule is Cn1cc(O[C@@H]2CCN(Cc3ccc4c(n3)OCC4)C2)cn1. The van der Waals surface area contributed by atoms with Crippen LogP contribution in [0.4, 0.5) is 0 Å². The van der Waals surface area contributed by atoms with Gasteiger partial charge < -0.3 is 9.47 Å². The fraction of sp³-hybridized carbons (Fsp3) is 0.500. The number of aromatic nitrogens is 3. The summed E-state index contributed by atoms with van der Waals surface area (Å²) in [5.74, 6) is 1.67. The highest BCUT2D eigenvalue weighted by Gasteiger charge is 2.25.